The molecule has 4 aromatic rings. The monoisotopic (exact) mass is 405 g/mol. The van der Waals surface area contributed by atoms with Crippen molar-refractivity contribution in [2.75, 3.05) is 0 Å². The summed E-state index contributed by atoms with van der Waals surface area (Å²) in [6.45, 7) is 3.50. The van der Waals surface area contributed by atoms with Gasteiger partial charge in [-0.15, -0.1) is 0 Å². The van der Waals surface area contributed by atoms with Crippen LogP contribution in [-0.4, -0.2) is 21.2 Å². The van der Waals surface area contributed by atoms with Crippen molar-refractivity contribution >= 4 is 16.9 Å². The first-order valence-electron chi connectivity index (χ1n) is 9.33. The summed E-state index contributed by atoms with van der Waals surface area (Å²) < 4.78 is 10.5. The first-order valence-corrected chi connectivity index (χ1v) is 9.33. The lowest BCUT2D eigenvalue weighted by Crippen LogP contribution is -2.27. The number of aromatic nitrogens is 2. The van der Waals surface area contributed by atoms with E-state index in [1.54, 1.807) is 26.0 Å². The van der Waals surface area contributed by atoms with Crippen LogP contribution in [0.4, 0.5) is 0 Å². The first kappa shape index (κ1) is 19.4. The number of nitrogens with zero attached hydrogens (tertiary/aromatic N) is 2. The molecule has 0 saturated carbocycles. The highest BCUT2D eigenvalue weighted by Gasteiger charge is 2.18. The number of carbonyl (C=O) groups is 1. The van der Waals surface area contributed by atoms with Crippen molar-refractivity contribution in [2.45, 2.75) is 26.8 Å². The number of aryl methyl sites for hydroxylation is 2. The molecule has 2 heterocycles. The summed E-state index contributed by atoms with van der Waals surface area (Å²) in [4.78, 5) is 29.0. The van der Waals surface area contributed by atoms with Crippen molar-refractivity contribution in [3.63, 3.8) is 0 Å². The molecule has 152 valence electrons. The minimum Gasteiger partial charge on any atom is -0.507 e. The second-order valence-corrected chi connectivity index (χ2v) is 6.98. The number of carbonyl (C=O) groups excluding carboxylic acids is 1. The van der Waals surface area contributed by atoms with Crippen molar-refractivity contribution in [1.29, 1.82) is 0 Å². The summed E-state index contributed by atoms with van der Waals surface area (Å²) in [5, 5.41) is 17.2. The Hall–Kier alpha value is -3.94. The lowest BCUT2D eigenvalue weighted by molar-refractivity contribution is -0.120. The maximum atomic E-state index is 12.4. The van der Waals surface area contributed by atoms with E-state index < -0.39 is 11.5 Å². The van der Waals surface area contributed by atoms with Gasteiger partial charge in [-0.2, -0.15) is 4.98 Å². The van der Waals surface area contributed by atoms with Crippen molar-refractivity contribution in [3.8, 4) is 17.1 Å². The van der Waals surface area contributed by atoms with Crippen LogP contribution < -0.4 is 10.9 Å². The molecule has 0 aliphatic rings. The molecule has 0 atom stereocenters. The summed E-state index contributed by atoms with van der Waals surface area (Å²) in [5.41, 5.74) is 1.95. The van der Waals surface area contributed by atoms with Gasteiger partial charge < -0.3 is 19.4 Å². The predicted molar refractivity (Wildman–Crippen MR) is 109 cm³/mol. The molecule has 30 heavy (non-hydrogen) atoms. The van der Waals surface area contributed by atoms with Crippen molar-refractivity contribution < 1.29 is 18.8 Å². The number of hydrogen-bond donors (Lipinski definition) is 2. The Morgan fingerprint density at radius 1 is 1.17 bits per heavy atom. The van der Waals surface area contributed by atoms with Gasteiger partial charge in [-0.05, 0) is 37.1 Å². The highest BCUT2D eigenvalue weighted by molar-refractivity contribution is 5.89. The number of nitrogens with one attached hydrogen (secondary N) is 1. The average molecular weight is 405 g/mol. The number of rotatable bonds is 5. The molecule has 8 nitrogen and oxygen atoms in total. The Kier molecular flexibility index (Phi) is 5.05. The van der Waals surface area contributed by atoms with Crippen LogP contribution in [0.2, 0.25) is 0 Å². The Labute approximate surface area is 171 Å². The van der Waals surface area contributed by atoms with Gasteiger partial charge >= 0.3 is 5.63 Å². The molecule has 0 aliphatic carbocycles. The molecule has 2 N–H and O–H groups in total. The molecule has 4 rings (SSSR count). The van der Waals surface area contributed by atoms with E-state index in [9.17, 15) is 14.7 Å². The third-order valence-corrected chi connectivity index (χ3v) is 4.78. The van der Waals surface area contributed by atoms with E-state index in [0.717, 1.165) is 11.1 Å². The molecule has 2 aromatic carbocycles. The van der Waals surface area contributed by atoms with Gasteiger partial charge in [0.1, 0.15) is 11.3 Å². The van der Waals surface area contributed by atoms with E-state index in [0.29, 0.717) is 22.4 Å². The fraction of sp³-hybridized carbons (Fsp3) is 0.182. The second-order valence-electron chi connectivity index (χ2n) is 6.98. The normalized spacial score (nSPS) is 11.0. The maximum Gasteiger partial charge on any atom is 0.340 e. The van der Waals surface area contributed by atoms with Gasteiger partial charge in [-0.3, -0.25) is 4.79 Å². The van der Waals surface area contributed by atoms with Crippen LogP contribution in [-0.2, 0) is 17.8 Å². The third-order valence-electron chi connectivity index (χ3n) is 4.78. The molecule has 0 unspecified atom stereocenters. The van der Waals surface area contributed by atoms with Crippen LogP contribution in [0.5, 0.6) is 5.75 Å². The molecule has 8 heteroatoms. The minimum atomic E-state index is -0.607. The predicted octanol–water partition coefficient (Wildman–Crippen LogP) is 3.02. The van der Waals surface area contributed by atoms with E-state index in [2.05, 4.69) is 15.5 Å². The number of hydrogen-bond acceptors (Lipinski definition) is 7. The Morgan fingerprint density at radius 3 is 2.70 bits per heavy atom. The lowest BCUT2D eigenvalue weighted by atomic mass is 10.0. The molecule has 2 aromatic heterocycles. The second kappa shape index (κ2) is 7.82. The summed E-state index contributed by atoms with van der Waals surface area (Å²) in [6, 6.07) is 12.6. The average Bonchev–Trinajstić information content (AvgIpc) is 3.18. The number of fused-ring (bicyclic) bond motifs is 1. The summed E-state index contributed by atoms with van der Waals surface area (Å²) in [6.07, 6.45) is -0.197. The third kappa shape index (κ3) is 3.80. The summed E-state index contributed by atoms with van der Waals surface area (Å²) >= 11 is 0. The van der Waals surface area contributed by atoms with E-state index in [4.69, 9.17) is 8.94 Å². The fourth-order valence-electron chi connectivity index (χ4n) is 3.29. The minimum absolute atomic E-state index is 0.00668. The molecule has 0 saturated heterocycles. The van der Waals surface area contributed by atoms with E-state index >= 15 is 0 Å². The summed E-state index contributed by atoms with van der Waals surface area (Å²) in [7, 11) is 0. The van der Waals surface area contributed by atoms with Gasteiger partial charge in [0.25, 0.3) is 0 Å². The van der Waals surface area contributed by atoms with Gasteiger partial charge in [0.05, 0.1) is 23.9 Å². The molecule has 0 radical (unpaired) electrons. The molecule has 1 amide bonds. The Morgan fingerprint density at radius 2 is 1.93 bits per heavy atom. The van der Waals surface area contributed by atoms with Crippen LogP contribution >= 0.6 is 0 Å². The van der Waals surface area contributed by atoms with Crippen LogP contribution in [0.3, 0.4) is 0 Å². The SMILES string of the molecule is Cc1cc(O)c2c(C)c(CC(=O)NCc3nc(-c4ccccc4)no3)c(=O)oc2c1. The van der Waals surface area contributed by atoms with E-state index in [-0.39, 0.29) is 30.2 Å². The molecular formula is C22H19N3O5. The van der Waals surface area contributed by atoms with Gasteiger partial charge in [0.15, 0.2) is 0 Å². The number of amides is 1. The zero-order valence-corrected chi connectivity index (χ0v) is 16.4. The van der Waals surface area contributed by atoms with Crippen LogP contribution in [0, 0.1) is 13.8 Å². The van der Waals surface area contributed by atoms with Crippen LogP contribution in [0.15, 0.2) is 56.2 Å². The maximum absolute atomic E-state index is 12.4. The highest BCUT2D eigenvalue weighted by atomic mass is 16.5. The number of benzene rings is 2. The summed E-state index contributed by atoms with van der Waals surface area (Å²) in [5.74, 6) is 0.275. The first-order chi connectivity index (χ1) is 14.4. The Bertz CT molecular complexity index is 1290. The molecule has 0 spiro atoms. The molecular weight excluding hydrogens is 386 g/mol. The van der Waals surface area contributed by atoms with Gasteiger partial charge in [-0.1, -0.05) is 35.5 Å². The lowest BCUT2D eigenvalue weighted by Gasteiger charge is -2.10. The van der Waals surface area contributed by atoms with Gasteiger partial charge in [0, 0.05) is 5.56 Å². The van der Waals surface area contributed by atoms with Gasteiger partial charge in [0.2, 0.25) is 17.6 Å². The van der Waals surface area contributed by atoms with E-state index in [1.807, 2.05) is 30.3 Å². The van der Waals surface area contributed by atoms with Crippen LogP contribution in [0.1, 0.15) is 22.6 Å². The standard InChI is InChI=1S/C22H19N3O5/c1-12-8-16(26)20-13(2)15(22(28)29-17(20)9-12)10-18(27)23-11-19-24-21(25-30-19)14-6-4-3-5-7-14/h3-9,26H,10-11H2,1-2H3,(H,23,27). The van der Waals surface area contributed by atoms with Crippen molar-refractivity contribution in [2.24, 2.45) is 0 Å². The molecule has 0 aliphatic heterocycles. The topological polar surface area (TPSA) is 118 Å². The van der Waals surface area contributed by atoms with Crippen molar-refractivity contribution in [3.05, 3.63) is 75.5 Å². The quantitative estimate of drug-likeness (QED) is 0.490. The number of aromatic hydroxyl groups is 1. The largest absolute Gasteiger partial charge is 0.507 e. The number of phenolic OH excluding ortho intramolecular Hbond substituents is 1. The zero-order valence-electron chi connectivity index (χ0n) is 16.4. The fourth-order valence-corrected chi connectivity index (χ4v) is 3.29. The molecule has 0 bridgehead atoms. The van der Waals surface area contributed by atoms with E-state index in [1.165, 1.54) is 0 Å². The zero-order chi connectivity index (χ0) is 21.3. The smallest absolute Gasteiger partial charge is 0.340 e. The highest BCUT2D eigenvalue weighted by Crippen LogP contribution is 2.29. The van der Waals surface area contributed by atoms with Gasteiger partial charge in [-0.25, -0.2) is 4.79 Å². The Balaban J connectivity index is 1.49. The van der Waals surface area contributed by atoms with Crippen LogP contribution in [0.25, 0.3) is 22.4 Å². The van der Waals surface area contributed by atoms with Crippen molar-refractivity contribution in [1.82, 2.24) is 15.5 Å². The molecule has 0 fully saturated rings. The number of phenols is 1.